The highest BCUT2D eigenvalue weighted by atomic mass is 16.5. The minimum absolute atomic E-state index is 0.297. The average molecular weight is 275 g/mol. The van der Waals surface area contributed by atoms with Crippen molar-refractivity contribution in [1.82, 2.24) is 5.32 Å². The van der Waals surface area contributed by atoms with Crippen LogP contribution in [0.2, 0.25) is 0 Å². The van der Waals surface area contributed by atoms with Crippen molar-refractivity contribution in [3.05, 3.63) is 29.3 Å². The van der Waals surface area contributed by atoms with Crippen LogP contribution >= 0.6 is 0 Å². The molecule has 20 heavy (non-hydrogen) atoms. The Morgan fingerprint density at radius 2 is 2.05 bits per heavy atom. The highest BCUT2D eigenvalue weighted by Crippen LogP contribution is 2.16. The molecule has 0 fully saturated rings. The van der Waals surface area contributed by atoms with Crippen molar-refractivity contribution in [3.63, 3.8) is 0 Å². The molecule has 0 saturated carbocycles. The molecule has 1 atom stereocenters. The Balaban J connectivity index is 1.90. The van der Waals surface area contributed by atoms with E-state index in [0.29, 0.717) is 18.9 Å². The molecular formula is C14H17N3O3. The molecule has 1 aromatic rings. The summed E-state index contributed by atoms with van der Waals surface area (Å²) in [6, 6.07) is 4.61. The molecule has 0 aromatic heterocycles. The molecule has 0 radical (unpaired) electrons. The number of ether oxygens (including phenoxy) is 1. The van der Waals surface area contributed by atoms with Gasteiger partial charge in [-0.15, -0.1) is 0 Å². The van der Waals surface area contributed by atoms with Gasteiger partial charge in [-0.3, -0.25) is 9.59 Å². The second-order valence-corrected chi connectivity index (χ2v) is 4.71. The van der Waals surface area contributed by atoms with Gasteiger partial charge in [0.2, 0.25) is 0 Å². The van der Waals surface area contributed by atoms with Crippen molar-refractivity contribution in [2.24, 2.45) is 10.7 Å². The highest BCUT2D eigenvalue weighted by Gasteiger charge is 2.27. The summed E-state index contributed by atoms with van der Waals surface area (Å²) in [6.45, 7) is 4.36. The van der Waals surface area contributed by atoms with E-state index in [2.05, 4.69) is 10.3 Å². The molecular weight excluding hydrogens is 258 g/mol. The van der Waals surface area contributed by atoms with Gasteiger partial charge in [-0.1, -0.05) is 6.07 Å². The van der Waals surface area contributed by atoms with Crippen LogP contribution < -0.4 is 15.8 Å². The standard InChI is InChI=1S/C14H17N3O3/c1-8-3-4-10(7-9(8)2)20-6-5-11-16-13(18)12(15)14(19)17-11/h3-4,7,12H,5-6,15H2,1-2H3,(H,16,17,18,19). The molecule has 6 heteroatoms. The number of nitrogens with two attached hydrogens (primary N) is 1. The van der Waals surface area contributed by atoms with E-state index >= 15 is 0 Å². The number of nitrogens with zero attached hydrogens (tertiary/aromatic N) is 1. The first-order chi connectivity index (χ1) is 9.47. The summed E-state index contributed by atoms with van der Waals surface area (Å²) in [7, 11) is 0. The van der Waals surface area contributed by atoms with Gasteiger partial charge in [0.05, 0.1) is 6.61 Å². The second kappa shape index (κ2) is 5.83. The second-order valence-electron chi connectivity index (χ2n) is 4.71. The van der Waals surface area contributed by atoms with Crippen molar-refractivity contribution in [2.75, 3.05) is 6.61 Å². The van der Waals surface area contributed by atoms with Crippen LogP contribution in [0.1, 0.15) is 17.5 Å². The summed E-state index contributed by atoms with van der Waals surface area (Å²) < 4.78 is 5.57. The third-order valence-corrected chi connectivity index (χ3v) is 3.15. The van der Waals surface area contributed by atoms with Gasteiger partial charge in [0.1, 0.15) is 11.6 Å². The van der Waals surface area contributed by atoms with E-state index in [4.69, 9.17) is 10.5 Å². The fraction of sp³-hybridized carbons (Fsp3) is 0.357. The lowest BCUT2D eigenvalue weighted by Crippen LogP contribution is -2.52. The van der Waals surface area contributed by atoms with Crippen LogP contribution in [-0.2, 0) is 9.59 Å². The van der Waals surface area contributed by atoms with Crippen LogP contribution in [0.25, 0.3) is 0 Å². The smallest absolute Gasteiger partial charge is 0.273 e. The Morgan fingerprint density at radius 3 is 2.70 bits per heavy atom. The SMILES string of the molecule is Cc1ccc(OCCC2=NC(=O)C(N)C(=O)N2)cc1C. The number of benzene rings is 1. The molecule has 106 valence electrons. The Kier molecular flexibility index (Phi) is 4.14. The molecule has 0 spiro atoms. The Hall–Kier alpha value is -2.21. The Labute approximate surface area is 117 Å². The molecule has 1 unspecified atom stereocenters. The third-order valence-electron chi connectivity index (χ3n) is 3.15. The lowest BCUT2D eigenvalue weighted by Gasteiger charge is -2.17. The van der Waals surface area contributed by atoms with Crippen molar-refractivity contribution in [3.8, 4) is 5.75 Å². The molecule has 0 saturated heterocycles. The number of nitrogens with one attached hydrogen (secondary N) is 1. The van der Waals surface area contributed by atoms with Crippen LogP contribution in [-0.4, -0.2) is 30.3 Å². The first-order valence-electron chi connectivity index (χ1n) is 6.35. The van der Waals surface area contributed by atoms with Crippen LogP contribution in [0.5, 0.6) is 5.75 Å². The fourth-order valence-corrected chi connectivity index (χ4v) is 1.75. The van der Waals surface area contributed by atoms with Gasteiger partial charge in [0.25, 0.3) is 11.8 Å². The largest absolute Gasteiger partial charge is 0.493 e. The maximum absolute atomic E-state index is 11.4. The van der Waals surface area contributed by atoms with E-state index in [0.717, 1.165) is 11.3 Å². The molecule has 2 amide bonds. The first-order valence-corrected chi connectivity index (χ1v) is 6.35. The number of rotatable bonds is 4. The predicted molar refractivity (Wildman–Crippen MR) is 74.6 cm³/mol. The number of aryl methyl sites for hydroxylation is 2. The topological polar surface area (TPSA) is 93.8 Å². The minimum Gasteiger partial charge on any atom is -0.493 e. The van der Waals surface area contributed by atoms with Crippen molar-refractivity contribution >= 4 is 17.6 Å². The molecule has 1 aliphatic heterocycles. The maximum Gasteiger partial charge on any atom is 0.273 e. The number of carbonyl (C=O) groups is 2. The van der Waals surface area contributed by atoms with Crippen LogP contribution in [0.3, 0.4) is 0 Å². The zero-order valence-corrected chi connectivity index (χ0v) is 11.5. The molecule has 3 N–H and O–H groups in total. The zero-order valence-electron chi connectivity index (χ0n) is 11.5. The van der Waals surface area contributed by atoms with Crippen molar-refractivity contribution < 1.29 is 14.3 Å². The van der Waals surface area contributed by atoms with E-state index in [9.17, 15) is 9.59 Å². The van der Waals surface area contributed by atoms with E-state index in [1.54, 1.807) is 0 Å². The lowest BCUT2D eigenvalue weighted by molar-refractivity contribution is -0.129. The molecule has 0 bridgehead atoms. The summed E-state index contributed by atoms with van der Waals surface area (Å²) in [5.74, 6) is -0.0921. The van der Waals surface area contributed by atoms with E-state index in [1.807, 2.05) is 32.0 Å². The summed E-state index contributed by atoms with van der Waals surface area (Å²) in [6.07, 6.45) is 0.344. The lowest BCUT2D eigenvalue weighted by atomic mass is 10.1. The normalized spacial score (nSPS) is 18.6. The quantitative estimate of drug-likeness (QED) is 0.780. The molecule has 1 aromatic carbocycles. The van der Waals surface area contributed by atoms with E-state index in [-0.39, 0.29) is 0 Å². The number of hydrogen-bond donors (Lipinski definition) is 2. The minimum atomic E-state index is -1.19. The Morgan fingerprint density at radius 1 is 1.30 bits per heavy atom. The average Bonchev–Trinajstić information content (AvgIpc) is 2.40. The zero-order chi connectivity index (χ0) is 14.7. The van der Waals surface area contributed by atoms with E-state index in [1.165, 1.54) is 5.56 Å². The number of amides is 2. The first kappa shape index (κ1) is 14.2. The summed E-state index contributed by atoms with van der Waals surface area (Å²) in [4.78, 5) is 26.4. The maximum atomic E-state index is 11.4. The van der Waals surface area contributed by atoms with Gasteiger partial charge in [-0.25, -0.2) is 0 Å². The van der Waals surface area contributed by atoms with Gasteiger partial charge < -0.3 is 15.8 Å². The van der Waals surface area contributed by atoms with Crippen LogP contribution in [0.15, 0.2) is 23.2 Å². The number of carbonyl (C=O) groups excluding carboxylic acids is 2. The molecule has 1 aliphatic rings. The van der Waals surface area contributed by atoms with Crippen molar-refractivity contribution in [2.45, 2.75) is 26.3 Å². The Bertz CT molecular complexity index is 581. The molecule has 2 rings (SSSR count). The fourth-order valence-electron chi connectivity index (χ4n) is 1.75. The number of aliphatic imine (C=N–C) groups is 1. The van der Waals surface area contributed by atoms with Crippen molar-refractivity contribution in [1.29, 1.82) is 0 Å². The highest BCUT2D eigenvalue weighted by molar-refractivity contribution is 6.18. The van der Waals surface area contributed by atoms with Gasteiger partial charge in [-0.05, 0) is 37.1 Å². The monoisotopic (exact) mass is 275 g/mol. The summed E-state index contributed by atoms with van der Waals surface area (Å²) in [5, 5.41) is 2.49. The molecule has 0 aliphatic carbocycles. The summed E-state index contributed by atoms with van der Waals surface area (Å²) in [5.41, 5.74) is 7.68. The molecule has 6 nitrogen and oxygen atoms in total. The van der Waals surface area contributed by atoms with Gasteiger partial charge in [0, 0.05) is 6.42 Å². The molecule has 1 heterocycles. The third kappa shape index (κ3) is 3.21. The summed E-state index contributed by atoms with van der Waals surface area (Å²) >= 11 is 0. The predicted octanol–water partition coefficient (Wildman–Crippen LogP) is 0.455. The van der Waals surface area contributed by atoms with Gasteiger partial charge >= 0.3 is 0 Å². The van der Waals surface area contributed by atoms with Gasteiger partial charge in [-0.2, -0.15) is 4.99 Å². The van der Waals surface area contributed by atoms with Crippen LogP contribution in [0, 0.1) is 13.8 Å². The van der Waals surface area contributed by atoms with Crippen LogP contribution in [0.4, 0.5) is 0 Å². The van der Waals surface area contributed by atoms with E-state index < -0.39 is 17.9 Å². The number of hydrogen-bond acceptors (Lipinski definition) is 4. The number of amidine groups is 1. The van der Waals surface area contributed by atoms with Gasteiger partial charge in [0.15, 0.2) is 6.04 Å².